The zero-order chi connectivity index (χ0) is 12.6. The number of β-amino-alcohol motifs (C(OH)–C–C–N with tert-alkyl or cyclic N) is 2. The number of aromatic amines is 1. The summed E-state index contributed by atoms with van der Waals surface area (Å²) in [5.74, 6) is 0. The summed E-state index contributed by atoms with van der Waals surface area (Å²) < 4.78 is 25.0. The van der Waals surface area contributed by atoms with Gasteiger partial charge in [0.25, 0.3) is 0 Å². The van der Waals surface area contributed by atoms with Crippen molar-refractivity contribution >= 4 is 10.0 Å². The Morgan fingerprint density at radius 3 is 2.41 bits per heavy atom. The van der Waals surface area contributed by atoms with E-state index < -0.39 is 27.7 Å². The lowest BCUT2D eigenvalue weighted by Crippen LogP contribution is -2.33. The van der Waals surface area contributed by atoms with Gasteiger partial charge in [-0.1, -0.05) is 0 Å². The van der Waals surface area contributed by atoms with Crippen LogP contribution in [0.5, 0.6) is 0 Å². The Balaban J connectivity index is 2.39. The minimum absolute atomic E-state index is 0.210. The monoisotopic (exact) mass is 260 g/mol. The van der Waals surface area contributed by atoms with Crippen LogP contribution in [0.4, 0.5) is 0 Å². The molecule has 0 bridgehead atoms. The molecule has 0 aromatic carbocycles. The molecule has 3 N–H and O–H groups in total. The lowest BCUT2D eigenvalue weighted by atomic mass is 10.3. The third-order valence-electron chi connectivity index (χ3n) is 2.63. The molecular weight excluding hydrogens is 248 g/mol. The first-order valence-corrected chi connectivity index (χ1v) is 6.40. The van der Waals surface area contributed by atoms with Gasteiger partial charge in [-0.05, 0) is 0 Å². The van der Waals surface area contributed by atoms with Crippen molar-refractivity contribution in [2.45, 2.75) is 17.1 Å². The maximum absolute atomic E-state index is 12.0. The quantitative estimate of drug-likeness (QED) is 0.575. The van der Waals surface area contributed by atoms with Gasteiger partial charge in [0.1, 0.15) is 4.90 Å². The van der Waals surface area contributed by atoms with Crippen molar-refractivity contribution in [2.24, 2.45) is 0 Å². The molecule has 0 spiro atoms. The lowest BCUT2D eigenvalue weighted by Gasteiger charge is -2.14. The van der Waals surface area contributed by atoms with Crippen LogP contribution in [-0.2, 0) is 10.0 Å². The van der Waals surface area contributed by atoms with Gasteiger partial charge in [-0.2, -0.15) is 4.31 Å². The van der Waals surface area contributed by atoms with Crippen molar-refractivity contribution in [3.63, 3.8) is 0 Å². The number of aliphatic hydroxyl groups excluding tert-OH is 2. The molecule has 7 nitrogen and oxygen atoms in total. The summed E-state index contributed by atoms with van der Waals surface area (Å²) in [7, 11) is -3.97. The standard InChI is InChI=1S/C9H12N2O5S/c12-6-1-2-10-3-9(6)17(15,16)11-4-7(13)8(14)5-11/h1-3,7-8,13-14H,4-5H2,(H,10,12). The first kappa shape index (κ1) is 12.2. The first-order valence-electron chi connectivity index (χ1n) is 4.96. The van der Waals surface area contributed by atoms with E-state index in [9.17, 15) is 23.4 Å². The van der Waals surface area contributed by atoms with E-state index >= 15 is 0 Å². The number of H-pyrrole nitrogens is 1. The number of pyridine rings is 1. The van der Waals surface area contributed by atoms with Crippen molar-refractivity contribution in [1.29, 1.82) is 0 Å². The van der Waals surface area contributed by atoms with Crippen LogP contribution in [0.3, 0.4) is 0 Å². The highest BCUT2D eigenvalue weighted by molar-refractivity contribution is 7.89. The topological polar surface area (TPSA) is 111 Å². The summed E-state index contributed by atoms with van der Waals surface area (Å²) in [5, 5.41) is 18.6. The van der Waals surface area contributed by atoms with E-state index in [2.05, 4.69) is 4.98 Å². The van der Waals surface area contributed by atoms with Crippen LogP contribution in [0.25, 0.3) is 0 Å². The molecule has 2 atom stereocenters. The highest BCUT2D eigenvalue weighted by atomic mass is 32.2. The Kier molecular flexibility index (Phi) is 3.04. The minimum Gasteiger partial charge on any atom is -0.389 e. The van der Waals surface area contributed by atoms with Crippen LogP contribution in [0, 0.1) is 0 Å². The molecule has 94 valence electrons. The highest BCUT2D eigenvalue weighted by Gasteiger charge is 2.38. The van der Waals surface area contributed by atoms with Crippen molar-refractivity contribution in [3.05, 3.63) is 28.7 Å². The third kappa shape index (κ3) is 2.12. The summed E-state index contributed by atoms with van der Waals surface area (Å²) in [4.78, 5) is 13.6. The fourth-order valence-electron chi connectivity index (χ4n) is 1.67. The Labute approximate surface area is 97.4 Å². The lowest BCUT2D eigenvalue weighted by molar-refractivity contribution is 0.0572. The average molecular weight is 260 g/mol. The number of nitrogens with one attached hydrogen (secondary N) is 1. The van der Waals surface area contributed by atoms with Crippen molar-refractivity contribution < 1.29 is 18.6 Å². The number of hydrogen-bond donors (Lipinski definition) is 3. The van der Waals surface area contributed by atoms with E-state index in [0.29, 0.717) is 0 Å². The molecule has 1 aromatic rings. The number of aliphatic hydroxyl groups is 2. The van der Waals surface area contributed by atoms with Gasteiger partial charge in [-0.15, -0.1) is 0 Å². The summed E-state index contributed by atoms with van der Waals surface area (Å²) in [5.41, 5.74) is -0.625. The predicted octanol–water partition coefficient (Wildman–Crippen LogP) is -1.90. The number of hydrogen-bond acceptors (Lipinski definition) is 5. The van der Waals surface area contributed by atoms with Crippen LogP contribution < -0.4 is 5.43 Å². The molecular formula is C9H12N2O5S. The Morgan fingerprint density at radius 1 is 1.29 bits per heavy atom. The molecule has 1 aliphatic heterocycles. The smallest absolute Gasteiger partial charge is 0.248 e. The van der Waals surface area contributed by atoms with E-state index in [4.69, 9.17) is 0 Å². The summed E-state index contributed by atoms with van der Waals surface area (Å²) in [6.45, 7) is -0.421. The zero-order valence-corrected chi connectivity index (χ0v) is 9.59. The molecule has 1 aromatic heterocycles. The first-order chi connectivity index (χ1) is 7.93. The van der Waals surface area contributed by atoms with Gasteiger partial charge >= 0.3 is 0 Å². The zero-order valence-electron chi connectivity index (χ0n) is 8.78. The Morgan fingerprint density at radius 2 is 1.88 bits per heavy atom. The largest absolute Gasteiger partial charge is 0.389 e. The van der Waals surface area contributed by atoms with Crippen molar-refractivity contribution in [3.8, 4) is 0 Å². The number of nitrogens with zero attached hydrogens (tertiary/aromatic N) is 1. The molecule has 1 aliphatic rings. The molecule has 0 saturated carbocycles. The molecule has 2 rings (SSSR count). The van der Waals surface area contributed by atoms with Gasteiger partial charge < -0.3 is 15.2 Å². The molecule has 8 heteroatoms. The fraction of sp³-hybridized carbons (Fsp3) is 0.444. The fourth-order valence-corrected chi connectivity index (χ4v) is 3.19. The van der Waals surface area contributed by atoms with Crippen LogP contribution in [0.1, 0.15) is 0 Å². The van der Waals surface area contributed by atoms with E-state index in [1.165, 1.54) is 6.20 Å². The second-order valence-electron chi connectivity index (χ2n) is 3.83. The van der Waals surface area contributed by atoms with Crippen LogP contribution in [-0.4, -0.2) is 53.2 Å². The molecule has 1 saturated heterocycles. The van der Waals surface area contributed by atoms with Crippen LogP contribution >= 0.6 is 0 Å². The van der Waals surface area contributed by atoms with E-state index in [0.717, 1.165) is 16.6 Å². The van der Waals surface area contributed by atoms with E-state index in [1.54, 1.807) is 0 Å². The van der Waals surface area contributed by atoms with Gasteiger partial charge in [0.05, 0.1) is 12.2 Å². The van der Waals surface area contributed by atoms with Gasteiger partial charge in [0.15, 0.2) is 0 Å². The maximum atomic E-state index is 12.0. The minimum atomic E-state index is -3.97. The molecule has 2 heterocycles. The number of sulfonamides is 1. The van der Waals surface area contributed by atoms with Gasteiger partial charge in [0, 0.05) is 31.5 Å². The Bertz CT molecular complexity index is 557. The van der Waals surface area contributed by atoms with E-state index in [-0.39, 0.29) is 18.0 Å². The molecule has 0 amide bonds. The summed E-state index contributed by atoms with van der Waals surface area (Å²) >= 11 is 0. The van der Waals surface area contributed by atoms with Crippen molar-refractivity contribution in [2.75, 3.05) is 13.1 Å². The number of aromatic nitrogens is 1. The van der Waals surface area contributed by atoms with Gasteiger partial charge in [-0.3, -0.25) is 4.79 Å². The van der Waals surface area contributed by atoms with Crippen molar-refractivity contribution in [1.82, 2.24) is 9.29 Å². The SMILES string of the molecule is O=c1cc[nH]cc1S(=O)(=O)N1CC(O)C(O)C1. The van der Waals surface area contributed by atoms with E-state index in [1.807, 2.05) is 0 Å². The second-order valence-corrected chi connectivity index (χ2v) is 5.74. The molecule has 1 fully saturated rings. The summed E-state index contributed by atoms with van der Waals surface area (Å²) in [6, 6.07) is 1.11. The van der Waals surface area contributed by atoms with Gasteiger partial charge in [0.2, 0.25) is 15.5 Å². The predicted molar refractivity (Wildman–Crippen MR) is 57.8 cm³/mol. The Hall–Kier alpha value is -1.22. The highest BCUT2D eigenvalue weighted by Crippen LogP contribution is 2.18. The second kappa shape index (κ2) is 4.22. The molecule has 0 aliphatic carbocycles. The third-order valence-corrected chi connectivity index (χ3v) is 4.48. The molecule has 0 radical (unpaired) electrons. The molecule has 17 heavy (non-hydrogen) atoms. The average Bonchev–Trinajstić information content (AvgIpc) is 2.60. The number of rotatable bonds is 2. The maximum Gasteiger partial charge on any atom is 0.248 e. The van der Waals surface area contributed by atoms with Crippen LogP contribution in [0.15, 0.2) is 28.2 Å². The molecule has 2 unspecified atom stereocenters. The summed E-state index contributed by atoms with van der Waals surface area (Å²) in [6.07, 6.45) is 0.184. The van der Waals surface area contributed by atoms with Crippen LogP contribution in [0.2, 0.25) is 0 Å². The normalized spacial score (nSPS) is 26.2. The van der Waals surface area contributed by atoms with Gasteiger partial charge in [-0.25, -0.2) is 8.42 Å².